The molecule has 0 aromatic carbocycles. The molecule has 2 aromatic heterocycles. The van der Waals surface area contributed by atoms with E-state index in [1.807, 2.05) is 6.92 Å². The Morgan fingerprint density at radius 3 is 2.85 bits per heavy atom. The lowest BCUT2D eigenvalue weighted by molar-refractivity contribution is -0.141. The maximum absolute atomic E-state index is 12.6. The van der Waals surface area contributed by atoms with E-state index >= 15 is 0 Å². The Morgan fingerprint density at radius 1 is 1.45 bits per heavy atom. The first-order valence-electron chi connectivity index (χ1n) is 6.21. The monoisotopic (exact) mass is 306 g/mol. The fraction of sp³-hybridized carbons (Fsp3) is 0.500. The molecule has 0 spiro atoms. The fourth-order valence-electron chi connectivity index (χ4n) is 1.75. The first-order chi connectivity index (χ1) is 9.41. The molecule has 0 fully saturated rings. The van der Waals surface area contributed by atoms with E-state index in [4.69, 9.17) is 11.6 Å². The smallest absolute Gasteiger partial charge is 0.368 e. The molecule has 2 heterocycles. The molecule has 8 heteroatoms. The SMILES string of the molecule is CCC(Cl)CCNc1nccn2nc(C(F)(F)F)cc12. The van der Waals surface area contributed by atoms with Crippen molar-refractivity contribution in [1.82, 2.24) is 14.6 Å². The average molecular weight is 307 g/mol. The molecule has 4 nitrogen and oxygen atoms in total. The Bertz CT molecular complexity index is 582. The van der Waals surface area contributed by atoms with Gasteiger partial charge in [0.25, 0.3) is 0 Å². The number of hydrogen-bond donors (Lipinski definition) is 1. The topological polar surface area (TPSA) is 42.2 Å². The van der Waals surface area contributed by atoms with E-state index in [9.17, 15) is 13.2 Å². The van der Waals surface area contributed by atoms with Crippen LogP contribution >= 0.6 is 11.6 Å². The zero-order chi connectivity index (χ0) is 14.8. The Hall–Kier alpha value is -1.50. The summed E-state index contributed by atoms with van der Waals surface area (Å²) in [4.78, 5) is 4.04. The molecule has 0 radical (unpaired) electrons. The van der Waals surface area contributed by atoms with Gasteiger partial charge in [0.05, 0.1) is 0 Å². The molecule has 110 valence electrons. The molecule has 0 aliphatic carbocycles. The number of fused-ring (bicyclic) bond motifs is 1. The zero-order valence-corrected chi connectivity index (χ0v) is 11.5. The molecule has 0 aliphatic heterocycles. The summed E-state index contributed by atoms with van der Waals surface area (Å²) in [5.74, 6) is 0.371. The van der Waals surface area contributed by atoms with Crippen molar-refractivity contribution in [1.29, 1.82) is 0 Å². The Labute approximate surface area is 118 Å². The van der Waals surface area contributed by atoms with Crippen molar-refractivity contribution in [2.45, 2.75) is 31.3 Å². The van der Waals surface area contributed by atoms with Crippen molar-refractivity contribution in [3.63, 3.8) is 0 Å². The number of rotatable bonds is 5. The molecule has 0 aliphatic rings. The Morgan fingerprint density at radius 2 is 2.20 bits per heavy atom. The zero-order valence-electron chi connectivity index (χ0n) is 10.8. The molecule has 1 atom stereocenters. The van der Waals surface area contributed by atoms with Gasteiger partial charge in [0.15, 0.2) is 11.5 Å². The summed E-state index contributed by atoms with van der Waals surface area (Å²) in [6.45, 7) is 2.52. The number of alkyl halides is 4. The second-order valence-electron chi connectivity index (χ2n) is 4.35. The third-order valence-corrected chi connectivity index (χ3v) is 3.40. The van der Waals surface area contributed by atoms with Crippen molar-refractivity contribution in [2.24, 2.45) is 0 Å². The lowest BCUT2D eigenvalue weighted by Gasteiger charge is -2.09. The van der Waals surface area contributed by atoms with Crippen LogP contribution in [-0.2, 0) is 6.18 Å². The molecular weight excluding hydrogens is 293 g/mol. The lowest BCUT2D eigenvalue weighted by Crippen LogP contribution is -2.09. The highest BCUT2D eigenvalue weighted by atomic mass is 35.5. The third kappa shape index (κ3) is 3.33. The van der Waals surface area contributed by atoms with Crippen LogP contribution in [0.25, 0.3) is 5.52 Å². The van der Waals surface area contributed by atoms with Crippen LogP contribution in [0.4, 0.5) is 19.0 Å². The molecule has 0 bridgehead atoms. The highest BCUT2D eigenvalue weighted by molar-refractivity contribution is 6.20. The van der Waals surface area contributed by atoms with E-state index in [1.54, 1.807) is 0 Å². The highest BCUT2D eigenvalue weighted by Gasteiger charge is 2.34. The minimum Gasteiger partial charge on any atom is -0.368 e. The largest absolute Gasteiger partial charge is 0.435 e. The summed E-state index contributed by atoms with van der Waals surface area (Å²) < 4.78 is 39.0. The van der Waals surface area contributed by atoms with E-state index in [0.717, 1.165) is 17.0 Å². The van der Waals surface area contributed by atoms with Crippen LogP contribution in [0.3, 0.4) is 0 Å². The van der Waals surface area contributed by atoms with Gasteiger partial charge in [-0.05, 0) is 12.8 Å². The van der Waals surface area contributed by atoms with E-state index in [1.165, 1.54) is 12.4 Å². The summed E-state index contributed by atoms with van der Waals surface area (Å²) in [5, 5.41) is 6.52. The van der Waals surface area contributed by atoms with Crippen LogP contribution in [0.2, 0.25) is 0 Å². The highest BCUT2D eigenvalue weighted by Crippen LogP contribution is 2.30. The van der Waals surface area contributed by atoms with Crippen molar-refractivity contribution in [2.75, 3.05) is 11.9 Å². The van der Waals surface area contributed by atoms with E-state index in [2.05, 4.69) is 15.4 Å². The summed E-state index contributed by atoms with van der Waals surface area (Å²) >= 11 is 5.99. The second kappa shape index (κ2) is 5.87. The number of halogens is 4. The number of anilines is 1. The van der Waals surface area contributed by atoms with Crippen molar-refractivity contribution in [3.8, 4) is 0 Å². The van der Waals surface area contributed by atoms with Crippen LogP contribution in [0, 0.1) is 0 Å². The summed E-state index contributed by atoms with van der Waals surface area (Å²) in [6.07, 6.45) is -0.133. The molecule has 0 saturated heterocycles. The van der Waals surface area contributed by atoms with E-state index in [-0.39, 0.29) is 5.38 Å². The molecule has 2 aromatic rings. The van der Waals surface area contributed by atoms with Gasteiger partial charge in [-0.2, -0.15) is 18.3 Å². The van der Waals surface area contributed by atoms with Gasteiger partial charge >= 0.3 is 6.18 Å². The van der Waals surface area contributed by atoms with E-state index in [0.29, 0.717) is 24.3 Å². The average Bonchev–Trinajstić information content (AvgIpc) is 2.83. The molecule has 1 N–H and O–H groups in total. The van der Waals surface area contributed by atoms with Gasteiger partial charge in [-0.3, -0.25) is 0 Å². The molecule has 0 saturated carbocycles. The summed E-state index contributed by atoms with van der Waals surface area (Å²) in [5.41, 5.74) is -0.639. The van der Waals surface area contributed by atoms with Crippen LogP contribution < -0.4 is 5.32 Å². The molecule has 1 unspecified atom stereocenters. The van der Waals surface area contributed by atoms with Crippen molar-refractivity contribution in [3.05, 3.63) is 24.2 Å². The number of nitrogens with one attached hydrogen (secondary N) is 1. The van der Waals surface area contributed by atoms with Gasteiger partial charge in [-0.1, -0.05) is 6.92 Å². The van der Waals surface area contributed by atoms with Gasteiger partial charge in [0, 0.05) is 30.4 Å². The predicted octanol–water partition coefficient (Wildman–Crippen LogP) is 3.57. The van der Waals surface area contributed by atoms with Crippen LogP contribution in [-0.4, -0.2) is 26.5 Å². The molecular formula is C12H14ClF3N4. The molecule has 20 heavy (non-hydrogen) atoms. The Balaban J connectivity index is 2.19. The minimum atomic E-state index is -4.47. The van der Waals surface area contributed by atoms with Crippen molar-refractivity contribution < 1.29 is 13.2 Å². The summed E-state index contributed by atoms with van der Waals surface area (Å²) in [6, 6.07) is 0.979. The normalized spacial score (nSPS) is 13.7. The van der Waals surface area contributed by atoms with E-state index < -0.39 is 11.9 Å². The third-order valence-electron chi connectivity index (χ3n) is 2.87. The van der Waals surface area contributed by atoms with Crippen LogP contribution in [0.5, 0.6) is 0 Å². The lowest BCUT2D eigenvalue weighted by atomic mass is 10.2. The van der Waals surface area contributed by atoms with Gasteiger partial charge < -0.3 is 5.32 Å². The Kier molecular flexibility index (Phi) is 4.37. The van der Waals surface area contributed by atoms with Gasteiger partial charge in [-0.25, -0.2) is 9.50 Å². The van der Waals surface area contributed by atoms with Crippen LogP contribution in [0.15, 0.2) is 18.5 Å². The predicted molar refractivity (Wildman–Crippen MR) is 71.0 cm³/mol. The van der Waals surface area contributed by atoms with Gasteiger partial charge in [0.2, 0.25) is 0 Å². The second-order valence-corrected chi connectivity index (χ2v) is 4.97. The first kappa shape index (κ1) is 14.9. The number of hydrogen-bond acceptors (Lipinski definition) is 3. The quantitative estimate of drug-likeness (QED) is 0.859. The number of nitrogens with zero attached hydrogens (tertiary/aromatic N) is 3. The maximum Gasteiger partial charge on any atom is 0.435 e. The molecule has 0 amide bonds. The van der Waals surface area contributed by atoms with Crippen LogP contribution in [0.1, 0.15) is 25.5 Å². The fourth-order valence-corrected chi connectivity index (χ4v) is 1.86. The van der Waals surface area contributed by atoms with Gasteiger partial charge in [-0.15, -0.1) is 11.6 Å². The molecule has 2 rings (SSSR count). The van der Waals surface area contributed by atoms with Crippen molar-refractivity contribution >= 4 is 22.9 Å². The number of aromatic nitrogens is 3. The first-order valence-corrected chi connectivity index (χ1v) is 6.65. The summed E-state index contributed by atoms with van der Waals surface area (Å²) in [7, 11) is 0. The standard InChI is InChI=1S/C12H14ClF3N4/c1-2-8(13)3-4-17-11-9-7-10(12(14,15)16)19-20(9)6-5-18-11/h5-8H,2-4H2,1H3,(H,17,18). The van der Waals surface area contributed by atoms with Gasteiger partial charge in [0.1, 0.15) is 5.52 Å². The maximum atomic E-state index is 12.6. The minimum absolute atomic E-state index is 0.0397.